The standard InChI is InChI=1S/C53H84N4O14/c1-32(2)46(58)70-56-38-20-50(7,8)28-52(11,22-38)30-66-48(60)54-40-18-36(13-15-42(40)62-26-44-64-24-34(5)68-44)17-37-14-16-43(63-27-45-65-25-35(6)69-45)41(19-37)55-49(61)67-31-53(12)23-39(21-51(9,10)29-53)57-71-47(59)33(3)4/h36-45,56-57H,1,3,5-6,13-31H2,2,4,7-12H3,(H,54,60)(H,55,61). The lowest BCUT2D eigenvalue weighted by Gasteiger charge is -2.46. The molecule has 2 amide bonds. The fourth-order valence-electron chi connectivity index (χ4n) is 12.5. The molecule has 0 aromatic rings. The quantitative estimate of drug-likeness (QED) is 0.0516. The molecule has 18 heteroatoms. The van der Waals surface area contributed by atoms with Crippen LogP contribution in [0.5, 0.6) is 0 Å². The minimum absolute atomic E-state index is 0.0996. The summed E-state index contributed by atoms with van der Waals surface area (Å²) in [6, 6.07) is -0.941. The Morgan fingerprint density at radius 3 is 1.35 bits per heavy atom. The highest BCUT2D eigenvalue weighted by atomic mass is 16.7. The minimum Gasteiger partial charge on any atom is -0.465 e. The van der Waals surface area contributed by atoms with Crippen LogP contribution >= 0.6 is 0 Å². The van der Waals surface area contributed by atoms with Crippen molar-refractivity contribution in [2.24, 2.45) is 33.5 Å². The van der Waals surface area contributed by atoms with Crippen LogP contribution in [0.3, 0.4) is 0 Å². The van der Waals surface area contributed by atoms with Crippen molar-refractivity contribution < 1.29 is 66.7 Å². The van der Waals surface area contributed by atoms with E-state index in [0.29, 0.717) is 74.4 Å². The normalized spacial score (nSPS) is 34.5. The monoisotopic (exact) mass is 1000 g/mol. The van der Waals surface area contributed by atoms with Crippen LogP contribution < -0.4 is 21.6 Å². The fourth-order valence-corrected chi connectivity index (χ4v) is 12.5. The zero-order chi connectivity index (χ0) is 51.7. The molecule has 0 radical (unpaired) electrons. The number of hydrogen-bond acceptors (Lipinski definition) is 16. The van der Waals surface area contributed by atoms with Gasteiger partial charge in [0.05, 0.1) is 37.5 Å². The van der Waals surface area contributed by atoms with Crippen molar-refractivity contribution in [2.45, 2.75) is 188 Å². The zero-order valence-electron chi connectivity index (χ0n) is 43.8. The molecule has 0 aromatic carbocycles. The van der Waals surface area contributed by atoms with Crippen molar-refractivity contribution in [3.8, 4) is 0 Å². The van der Waals surface area contributed by atoms with E-state index in [9.17, 15) is 19.2 Å². The van der Waals surface area contributed by atoms with E-state index >= 15 is 0 Å². The van der Waals surface area contributed by atoms with Gasteiger partial charge in [-0.05, 0) is 120 Å². The molecule has 2 heterocycles. The molecule has 4 N–H and O–H groups in total. The zero-order valence-corrected chi connectivity index (χ0v) is 43.8. The number of carbonyl (C=O) groups excluding carboxylic acids is 4. The summed E-state index contributed by atoms with van der Waals surface area (Å²) in [5, 5.41) is 6.37. The van der Waals surface area contributed by atoms with Crippen LogP contribution in [0.2, 0.25) is 0 Å². The summed E-state index contributed by atoms with van der Waals surface area (Å²) in [7, 11) is 0. The molecular formula is C53H84N4O14. The summed E-state index contributed by atoms with van der Waals surface area (Å²) in [6.07, 6.45) is 7.06. The lowest BCUT2D eigenvalue weighted by Crippen LogP contribution is -2.51. The van der Waals surface area contributed by atoms with E-state index in [1.165, 1.54) is 0 Å². The lowest BCUT2D eigenvalue weighted by atomic mass is 9.63. The maximum absolute atomic E-state index is 13.8. The van der Waals surface area contributed by atoms with Gasteiger partial charge in [-0.3, -0.25) is 0 Å². The first-order valence-corrected chi connectivity index (χ1v) is 25.6. The molecule has 12 unspecified atom stereocenters. The van der Waals surface area contributed by atoms with Gasteiger partial charge < -0.3 is 58.2 Å². The van der Waals surface area contributed by atoms with E-state index in [0.717, 1.165) is 44.9 Å². The molecular weight excluding hydrogens is 917 g/mol. The predicted octanol–water partition coefficient (Wildman–Crippen LogP) is 8.13. The SMILES string of the molecule is C=C1COC(COC2CCC(CC3CCC(OCC4OCC(=C)O4)C(NC(=O)OCC4(C)CC(NOC(=O)C(=C)C)CC(C)(C)C4)C3)CC2NC(=O)OCC2(C)CC(NOC(=O)C(=C)C)CC(C)(C)C2)O1. The third-order valence-corrected chi connectivity index (χ3v) is 14.7. The number of alkyl carbamates (subject to hydrolysis) is 2. The van der Waals surface area contributed by atoms with Crippen molar-refractivity contribution >= 4 is 24.1 Å². The van der Waals surface area contributed by atoms with Crippen molar-refractivity contribution in [3.05, 3.63) is 49.0 Å². The van der Waals surface area contributed by atoms with Gasteiger partial charge >= 0.3 is 24.1 Å². The van der Waals surface area contributed by atoms with Crippen LogP contribution in [0.25, 0.3) is 0 Å². The summed E-state index contributed by atoms with van der Waals surface area (Å²) < 4.78 is 47.6. The summed E-state index contributed by atoms with van der Waals surface area (Å²) in [4.78, 5) is 62.5. The minimum atomic E-state index is -0.567. The van der Waals surface area contributed by atoms with E-state index in [-0.39, 0.29) is 96.3 Å². The highest BCUT2D eigenvalue weighted by Gasteiger charge is 2.45. The second-order valence-corrected chi connectivity index (χ2v) is 23.9. The van der Waals surface area contributed by atoms with Crippen molar-refractivity contribution in [3.63, 3.8) is 0 Å². The molecule has 4 aliphatic carbocycles. The summed E-state index contributed by atoms with van der Waals surface area (Å²) in [5.74, 6) is 0.582. The second kappa shape index (κ2) is 24.2. The van der Waals surface area contributed by atoms with Gasteiger partial charge in [-0.1, -0.05) is 67.9 Å². The second-order valence-electron chi connectivity index (χ2n) is 23.9. The number of hydrogen-bond donors (Lipinski definition) is 4. The van der Waals surface area contributed by atoms with Crippen molar-refractivity contribution in [1.82, 2.24) is 21.6 Å². The molecule has 6 fully saturated rings. The predicted molar refractivity (Wildman–Crippen MR) is 262 cm³/mol. The van der Waals surface area contributed by atoms with Gasteiger partial charge in [-0.25, -0.2) is 19.2 Å². The Hall–Kier alpha value is -4.20. The smallest absolute Gasteiger partial charge is 0.407 e. The van der Waals surface area contributed by atoms with E-state index in [2.05, 4.69) is 89.5 Å². The first-order valence-electron chi connectivity index (χ1n) is 25.6. The molecule has 6 rings (SSSR count). The molecule has 2 aliphatic heterocycles. The molecule has 2 saturated heterocycles. The van der Waals surface area contributed by atoms with E-state index in [1.54, 1.807) is 13.8 Å². The maximum Gasteiger partial charge on any atom is 0.407 e. The molecule has 71 heavy (non-hydrogen) atoms. The summed E-state index contributed by atoms with van der Waals surface area (Å²) >= 11 is 0. The Balaban J connectivity index is 1.07. The maximum atomic E-state index is 13.8. The van der Waals surface area contributed by atoms with Crippen LogP contribution in [0.15, 0.2) is 49.0 Å². The van der Waals surface area contributed by atoms with Crippen LogP contribution in [0.4, 0.5) is 9.59 Å². The van der Waals surface area contributed by atoms with Gasteiger partial charge in [0.2, 0.25) is 12.6 Å². The molecule has 12 atom stereocenters. The third-order valence-electron chi connectivity index (χ3n) is 14.7. The molecule has 0 bridgehead atoms. The van der Waals surface area contributed by atoms with E-state index in [4.69, 9.17) is 47.6 Å². The third kappa shape index (κ3) is 17.5. The summed E-state index contributed by atoms with van der Waals surface area (Å²) in [6.45, 7) is 32.5. The topological polar surface area (TPSA) is 209 Å². The molecule has 400 valence electrons. The Kier molecular flexibility index (Phi) is 19.1. The fraction of sp³-hybridized carbons (Fsp3) is 0.774. The van der Waals surface area contributed by atoms with Gasteiger partial charge in [0.15, 0.2) is 0 Å². The van der Waals surface area contributed by atoms with Crippen molar-refractivity contribution in [1.29, 1.82) is 0 Å². The molecule has 0 aromatic heterocycles. The van der Waals surface area contributed by atoms with Gasteiger partial charge in [-0.2, -0.15) is 0 Å². The molecule has 4 saturated carbocycles. The van der Waals surface area contributed by atoms with Gasteiger partial charge in [0.25, 0.3) is 0 Å². The number of ether oxygens (including phenoxy) is 8. The Labute approximate surface area is 421 Å². The largest absolute Gasteiger partial charge is 0.465 e. The number of hydroxylamine groups is 2. The van der Waals surface area contributed by atoms with E-state index in [1.807, 2.05) is 0 Å². The van der Waals surface area contributed by atoms with Crippen LogP contribution in [0.1, 0.15) is 139 Å². The molecule has 18 nitrogen and oxygen atoms in total. The number of carbonyl (C=O) groups is 4. The Morgan fingerprint density at radius 1 is 0.606 bits per heavy atom. The first-order chi connectivity index (χ1) is 33.3. The highest BCUT2D eigenvalue weighted by Crippen LogP contribution is 2.48. The van der Waals surface area contributed by atoms with Crippen LogP contribution in [-0.4, -0.2) is 113 Å². The Bertz CT molecular complexity index is 1810. The molecule has 6 aliphatic rings. The average Bonchev–Trinajstić information content (AvgIpc) is 3.90. The van der Waals surface area contributed by atoms with Gasteiger partial charge in [-0.15, -0.1) is 11.0 Å². The van der Waals surface area contributed by atoms with Gasteiger partial charge in [0.1, 0.15) is 37.9 Å². The lowest BCUT2D eigenvalue weighted by molar-refractivity contribution is -0.151. The van der Waals surface area contributed by atoms with Gasteiger partial charge in [0, 0.05) is 34.1 Å². The first kappa shape index (κ1) is 56.1. The number of amides is 2. The van der Waals surface area contributed by atoms with Crippen LogP contribution in [0, 0.1) is 33.5 Å². The molecule has 0 spiro atoms. The number of rotatable bonds is 20. The van der Waals surface area contributed by atoms with Crippen LogP contribution in [-0.2, 0) is 57.2 Å². The summed E-state index contributed by atoms with van der Waals surface area (Å²) in [5.41, 5.74) is 5.55. The van der Waals surface area contributed by atoms with E-state index < -0.39 is 36.7 Å². The number of nitrogens with one attached hydrogen (secondary N) is 4. The van der Waals surface area contributed by atoms with Crippen molar-refractivity contribution in [2.75, 3.05) is 39.6 Å². The Morgan fingerprint density at radius 2 is 1.00 bits per heavy atom. The average molecular weight is 1000 g/mol. The highest BCUT2D eigenvalue weighted by molar-refractivity contribution is 5.87.